The number of benzene rings is 3. The molecule has 0 aliphatic rings. The zero-order valence-corrected chi connectivity index (χ0v) is 15.0. The number of nitrogens with zero attached hydrogens (tertiary/aromatic N) is 5. The predicted molar refractivity (Wildman–Crippen MR) is 106 cm³/mol. The fourth-order valence-electron chi connectivity index (χ4n) is 2.82. The van der Waals surface area contributed by atoms with Gasteiger partial charge in [-0.25, -0.2) is 0 Å². The molecule has 9 heteroatoms. The number of anilines is 1. The molecule has 3 aromatic carbocycles. The van der Waals surface area contributed by atoms with Crippen molar-refractivity contribution in [2.45, 2.75) is 0 Å². The second kappa shape index (κ2) is 8.57. The third kappa shape index (κ3) is 4.00. The number of aliphatic hydroxyl groups is 1. The first-order chi connectivity index (χ1) is 14.1. The molecule has 0 aromatic heterocycles. The van der Waals surface area contributed by atoms with E-state index in [9.17, 15) is 20.6 Å². The van der Waals surface area contributed by atoms with E-state index < -0.39 is 4.92 Å². The molecule has 29 heavy (non-hydrogen) atoms. The van der Waals surface area contributed by atoms with E-state index >= 15 is 0 Å². The lowest BCUT2D eigenvalue weighted by Gasteiger charge is -2.10. The Morgan fingerprint density at radius 3 is 2.28 bits per heavy atom. The van der Waals surface area contributed by atoms with Crippen LogP contribution in [-0.4, -0.2) is 23.2 Å². The highest BCUT2D eigenvalue weighted by molar-refractivity contribution is 6.00. The average molecular weight is 386 g/mol. The molecular weight excluding hydrogens is 372 g/mol. The number of azo groups is 1. The van der Waals surface area contributed by atoms with E-state index in [2.05, 4.69) is 15.5 Å². The molecule has 0 saturated carbocycles. The molecule has 2 N–H and O–H groups in total. The summed E-state index contributed by atoms with van der Waals surface area (Å²) in [5.41, 5.74) is 0.727. The van der Waals surface area contributed by atoms with E-state index in [-0.39, 0.29) is 29.1 Å². The summed E-state index contributed by atoms with van der Waals surface area (Å²) in [6.07, 6.45) is 0. The molecule has 142 valence electrons. The van der Waals surface area contributed by atoms with Crippen LogP contribution < -0.4 is 5.32 Å². The fraction of sp³-hybridized carbons (Fsp3) is 0.100. The molecule has 3 aromatic rings. The number of rotatable bonds is 6. The third-order valence-corrected chi connectivity index (χ3v) is 4.13. The largest absolute Gasteiger partial charge is 0.395 e. The fourth-order valence-corrected chi connectivity index (χ4v) is 2.82. The van der Waals surface area contributed by atoms with Crippen LogP contribution in [0.5, 0.6) is 0 Å². The molecule has 0 bridgehead atoms. The maximum Gasteiger partial charge on any atom is 0.272 e. The smallest absolute Gasteiger partial charge is 0.272 e. The summed E-state index contributed by atoms with van der Waals surface area (Å²) in [5.74, 6) is 0. The lowest BCUT2D eigenvalue weighted by Crippen LogP contribution is -2.05. The molecule has 0 aliphatic heterocycles. The second-order valence-electron chi connectivity index (χ2n) is 5.90. The van der Waals surface area contributed by atoms with Crippen molar-refractivity contribution in [2.75, 3.05) is 18.5 Å². The van der Waals surface area contributed by atoms with E-state index in [1.54, 1.807) is 12.1 Å². The maximum atomic E-state index is 11.0. The van der Waals surface area contributed by atoms with Crippen molar-refractivity contribution in [3.63, 3.8) is 0 Å². The molecule has 0 heterocycles. The average Bonchev–Trinajstić information content (AvgIpc) is 2.75. The van der Waals surface area contributed by atoms with Crippen molar-refractivity contribution < 1.29 is 10.0 Å². The molecule has 3 rings (SSSR count). The van der Waals surface area contributed by atoms with Crippen molar-refractivity contribution in [3.05, 3.63) is 69.8 Å². The van der Waals surface area contributed by atoms with Crippen molar-refractivity contribution >= 4 is 33.5 Å². The summed E-state index contributed by atoms with van der Waals surface area (Å²) < 4.78 is 0. The van der Waals surface area contributed by atoms with Gasteiger partial charge in [0.05, 0.1) is 28.3 Å². The Kier molecular flexibility index (Phi) is 5.74. The van der Waals surface area contributed by atoms with E-state index in [4.69, 9.17) is 5.11 Å². The van der Waals surface area contributed by atoms with Gasteiger partial charge in [-0.3, -0.25) is 10.1 Å². The van der Waals surface area contributed by atoms with Gasteiger partial charge in [-0.1, -0.05) is 24.3 Å². The monoisotopic (exact) mass is 386 g/mol. The Bertz CT molecular complexity index is 1170. The highest BCUT2D eigenvalue weighted by atomic mass is 16.6. The Morgan fingerprint density at radius 2 is 1.69 bits per heavy atom. The summed E-state index contributed by atoms with van der Waals surface area (Å²) in [6.45, 7) is 0.383. The van der Waals surface area contributed by atoms with Gasteiger partial charge in [-0.2, -0.15) is 10.5 Å². The second-order valence-corrected chi connectivity index (χ2v) is 5.90. The van der Waals surface area contributed by atoms with Gasteiger partial charge >= 0.3 is 0 Å². The first-order valence-corrected chi connectivity index (χ1v) is 8.50. The SMILES string of the molecule is N#Cc1cc([N+](=O)[O-])cc(C#N)c1N=Nc1ccc(NCCO)c2ccccc12. The van der Waals surface area contributed by atoms with Gasteiger partial charge in [0.2, 0.25) is 0 Å². The first kappa shape index (κ1) is 19.4. The molecule has 0 atom stereocenters. The highest BCUT2D eigenvalue weighted by Crippen LogP contribution is 2.35. The number of nitro benzene ring substituents is 1. The van der Waals surface area contributed by atoms with Gasteiger partial charge in [-0.05, 0) is 12.1 Å². The van der Waals surface area contributed by atoms with Gasteiger partial charge < -0.3 is 10.4 Å². The summed E-state index contributed by atoms with van der Waals surface area (Å²) in [6, 6.07) is 16.7. The maximum absolute atomic E-state index is 11.0. The summed E-state index contributed by atoms with van der Waals surface area (Å²) >= 11 is 0. The Hall–Kier alpha value is -4.34. The summed E-state index contributed by atoms with van der Waals surface area (Å²) in [5, 5.41) is 51.7. The molecule has 0 saturated heterocycles. The molecule has 0 spiro atoms. The van der Waals surface area contributed by atoms with Crippen molar-refractivity contribution in [1.82, 2.24) is 0 Å². The van der Waals surface area contributed by atoms with Crippen LogP contribution in [0.3, 0.4) is 0 Å². The number of fused-ring (bicyclic) bond motifs is 1. The van der Waals surface area contributed by atoms with Crippen molar-refractivity contribution in [2.24, 2.45) is 10.2 Å². The van der Waals surface area contributed by atoms with Crippen LogP contribution in [0.4, 0.5) is 22.7 Å². The Labute approximate surface area is 165 Å². The Balaban J connectivity index is 2.10. The molecule has 0 unspecified atom stereocenters. The standard InChI is InChI=1S/C20H14N6O3/c21-11-13-9-15(26(28)29)10-14(12-22)20(13)25-24-19-6-5-18(23-7-8-27)16-3-1-2-4-17(16)19/h1-6,9-10,23,27H,7-8H2. The summed E-state index contributed by atoms with van der Waals surface area (Å²) in [4.78, 5) is 10.3. The minimum Gasteiger partial charge on any atom is -0.395 e. The third-order valence-electron chi connectivity index (χ3n) is 4.13. The van der Waals surface area contributed by atoms with Crippen molar-refractivity contribution in [1.29, 1.82) is 10.5 Å². The van der Waals surface area contributed by atoms with Crippen LogP contribution in [-0.2, 0) is 0 Å². The van der Waals surface area contributed by atoms with Gasteiger partial charge in [-0.15, -0.1) is 10.2 Å². The molecule has 0 aliphatic carbocycles. The molecule has 0 amide bonds. The van der Waals surface area contributed by atoms with Crippen LogP contribution in [0.1, 0.15) is 11.1 Å². The Morgan fingerprint density at radius 1 is 1.03 bits per heavy atom. The van der Waals surface area contributed by atoms with Crippen LogP contribution in [0.25, 0.3) is 10.8 Å². The van der Waals surface area contributed by atoms with E-state index in [0.717, 1.165) is 28.6 Å². The quantitative estimate of drug-likeness (QED) is 0.366. The van der Waals surface area contributed by atoms with Crippen LogP contribution in [0.15, 0.2) is 58.8 Å². The van der Waals surface area contributed by atoms with E-state index in [1.807, 2.05) is 36.4 Å². The number of hydrogen-bond donors (Lipinski definition) is 2. The minimum absolute atomic E-state index is 0.0101. The van der Waals surface area contributed by atoms with Crippen LogP contribution in [0.2, 0.25) is 0 Å². The highest BCUT2D eigenvalue weighted by Gasteiger charge is 2.17. The van der Waals surface area contributed by atoms with Crippen LogP contribution in [0, 0.1) is 32.8 Å². The molecular formula is C20H14N6O3. The molecule has 0 radical (unpaired) electrons. The van der Waals surface area contributed by atoms with E-state index in [1.165, 1.54) is 0 Å². The number of nitriles is 2. The number of aliphatic hydroxyl groups excluding tert-OH is 1. The van der Waals surface area contributed by atoms with Gasteiger partial charge in [0.25, 0.3) is 5.69 Å². The topological polar surface area (TPSA) is 148 Å². The van der Waals surface area contributed by atoms with Gasteiger partial charge in [0.15, 0.2) is 0 Å². The zero-order chi connectivity index (χ0) is 20.8. The number of nitro groups is 1. The van der Waals surface area contributed by atoms with Gasteiger partial charge in [0.1, 0.15) is 17.8 Å². The summed E-state index contributed by atoms with van der Waals surface area (Å²) in [7, 11) is 0. The molecule has 9 nitrogen and oxygen atoms in total. The number of non-ortho nitro benzene ring substituents is 1. The zero-order valence-electron chi connectivity index (χ0n) is 15.0. The van der Waals surface area contributed by atoms with Crippen molar-refractivity contribution in [3.8, 4) is 12.1 Å². The normalized spacial score (nSPS) is 10.6. The predicted octanol–water partition coefficient (Wildman–Crippen LogP) is 4.31. The lowest BCUT2D eigenvalue weighted by molar-refractivity contribution is -0.384. The van der Waals surface area contributed by atoms with Gasteiger partial charge in [0, 0.05) is 35.1 Å². The van der Waals surface area contributed by atoms with Crippen LogP contribution >= 0.6 is 0 Å². The molecule has 0 fully saturated rings. The first-order valence-electron chi connectivity index (χ1n) is 8.50. The minimum atomic E-state index is -0.672. The number of nitrogens with one attached hydrogen (secondary N) is 1. The lowest BCUT2D eigenvalue weighted by atomic mass is 10.1. The van der Waals surface area contributed by atoms with E-state index in [0.29, 0.717) is 12.2 Å². The number of hydrogen-bond acceptors (Lipinski definition) is 8.